The SMILES string of the molecule is CCCSC/C=C/C(F)(Cl)C(F)(F)Br. The molecule has 0 rings (SSSR count). The van der Waals surface area contributed by atoms with E-state index in [1.54, 1.807) is 0 Å². The standard InChI is InChI=1S/C8H11BrClF3S/c1-2-5-14-6-3-4-7(10,11)8(9,12)13/h3-4H,2,5-6H2,1H3/b4-3+. The molecule has 0 bridgehead atoms. The van der Waals surface area contributed by atoms with Gasteiger partial charge in [0.1, 0.15) is 0 Å². The van der Waals surface area contributed by atoms with Gasteiger partial charge in [-0.15, -0.1) is 0 Å². The van der Waals surface area contributed by atoms with E-state index < -0.39 is 9.96 Å². The number of alkyl halides is 5. The summed E-state index contributed by atoms with van der Waals surface area (Å²) in [7, 11) is 0. The van der Waals surface area contributed by atoms with Crippen molar-refractivity contribution in [2.45, 2.75) is 23.3 Å². The van der Waals surface area contributed by atoms with Crippen molar-refractivity contribution < 1.29 is 13.2 Å². The van der Waals surface area contributed by atoms with E-state index in [1.807, 2.05) is 22.9 Å². The third-order valence-corrected chi connectivity index (χ3v) is 3.56. The molecule has 0 aliphatic carbocycles. The molecule has 0 aliphatic rings. The van der Waals surface area contributed by atoms with Gasteiger partial charge in [0.2, 0.25) is 0 Å². The molecule has 0 aromatic rings. The van der Waals surface area contributed by atoms with Crippen LogP contribution in [0.15, 0.2) is 12.2 Å². The van der Waals surface area contributed by atoms with E-state index in [4.69, 9.17) is 11.6 Å². The fraction of sp³-hybridized carbons (Fsp3) is 0.750. The molecule has 0 aromatic heterocycles. The minimum Gasteiger partial charge on any atom is -0.214 e. The van der Waals surface area contributed by atoms with Gasteiger partial charge in [0.05, 0.1) is 0 Å². The van der Waals surface area contributed by atoms with Crippen LogP contribution in [0.25, 0.3) is 0 Å². The van der Waals surface area contributed by atoms with E-state index in [1.165, 1.54) is 17.8 Å². The van der Waals surface area contributed by atoms with Crippen molar-refractivity contribution in [1.29, 1.82) is 0 Å². The number of rotatable bonds is 6. The number of allylic oxidation sites excluding steroid dienone is 1. The Morgan fingerprint density at radius 2 is 2.00 bits per heavy atom. The highest BCUT2D eigenvalue weighted by Crippen LogP contribution is 2.42. The van der Waals surface area contributed by atoms with Gasteiger partial charge in [-0.2, -0.15) is 20.5 Å². The largest absolute Gasteiger partial charge is 0.352 e. The number of hydrogen-bond donors (Lipinski definition) is 0. The van der Waals surface area contributed by atoms with Crippen LogP contribution < -0.4 is 0 Å². The lowest BCUT2D eigenvalue weighted by Gasteiger charge is -2.18. The van der Waals surface area contributed by atoms with Crippen molar-refractivity contribution in [2.24, 2.45) is 0 Å². The molecule has 0 heterocycles. The van der Waals surface area contributed by atoms with Gasteiger partial charge in [0.15, 0.2) is 0 Å². The molecular weight excluding hydrogens is 301 g/mol. The Morgan fingerprint density at radius 1 is 1.43 bits per heavy atom. The predicted molar refractivity (Wildman–Crippen MR) is 60.3 cm³/mol. The smallest absolute Gasteiger partial charge is 0.214 e. The van der Waals surface area contributed by atoms with Gasteiger partial charge in [-0.25, -0.2) is 4.39 Å². The van der Waals surface area contributed by atoms with Crippen molar-refractivity contribution in [3.63, 3.8) is 0 Å². The average molecular weight is 312 g/mol. The summed E-state index contributed by atoms with van der Waals surface area (Å²) in [4.78, 5) is -3.74. The summed E-state index contributed by atoms with van der Waals surface area (Å²) < 4.78 is 37.8. The lowest BCUT2D eigenvalue weighted by atomic mass is 10.3. The van der Waals surface area contributed by atoms with Gasteiger partial charge in [-0.3, -0.25) is 0 Å². The molecule has 0 saturated carbocycles. The van der Waals surface area contributed by atoms with E-state index in [0.29, 0.717) is 11.8 Å². The summed E-state index contributed by atoms with van der Waals surface area (Å²) >= 11 is 8.38. The summed E-state index contributed by atoms with van der Waals surface area (Å²) in [5.74, 6) is 1.39. The van der Waals surface area contributed by atoms with Crippen LogP contribution in [0.1, 0.15) is 13.3 Å². The maximum absolute atomic E-state index is 13.0. The zero-order valence-corrected chi connectivity index (χ0v) is 10.7. The van der Waals surface area contributed by atoms with Crippen molar-refractivity contribution in [3.8, 4) is 0 Å². The molecule has 0 N–H and O–H groups in total. The van der Waals surface area contributed by atoms with Crippen LogP contribution in [0.2, 0.25) is 0 Å². The number of halogens is 5. The molecule has 0 radical (unpaired) electrons. The Balaban J connectivity index is 3.97. The van der Waals surface area contributed by atoms with Crippen LogP contribution in [-0.4, -0.2) is 21.5 Å². The second-order valence-electron chi connectivity index (χ2n) is 2.60. The molecule has 0 fully saturated rings. The van der Waals surface area contributed by atoms with Crippen LogP contribution in [0.3, 0.4) is 0 Å². The highest BCUT2D eigenvalue weighted by Gasteiger charge is 2.49. The third-order valence-electron chi connectivity index (χ3n) is 1.27. The Morgan fingerprint density at radius 3 is 2.43 bits per heavy atom. The second-order valence-corrected chi connectivity index (χ2v) is 5.29. The summed E-state index contributed by atoms with van der Waals surface area (Å²) in [6.07, 6.45) is 2.98. The van der Waals surface area contributed by atoms with Crippen LogP contribution >= 0.6 is 39.3 Å². The van der Waals surface area contributed by atoms with Crippen LogP contribution in [0.4, 0.5) is 13.2 Å². The summed E-state index contributed by atoms with van der Waals surface area (Å²) in [5.41, 5.74) is 0. The van der Waals surface area contributed by atoms with Gasteiger partial charge in [-0.05, 0) is 34.2 Å². The van der Waals surface area contributed by atoms with Crippen molar-refractivity contribution in [1.82, 2.24) is 0 Å². The topological polar surface area (TPSA) is 0 Å². The minimum atomic E-state index is -3.74. The maximum Gasteiger partial charge on any atom is 0.352 e. The zero-order valence-electron chi connectivity index (χ0n) is 7.57. The molecule has 1 unspecified atom stereocenters. The average Bonchev–Trinajstić information content (AvgIpc) is 2.02. The van der Waals surface area contributed by atoms with Crippen molar-refractivity contribution in [2.75, 3.05) is 11.5 Å². The monoisotopic (exact) mass is 310 g/mol. The maximum atomic E-state index is 13.0. The summed E-state index contributed by atoms with van der Waals surface area (Å²) in [5, 5.41) is -3.15. The Bertz CT molecular complexity index is 192. The molecule has 6 heteroatoms. The first kappa shape index (κ1) is 14.6. The molecular formula is C8H11BrClF3S. The van der Waals surface area contributed by atoms with E-state index in [0.717, 1.165) is 12.2 Å². The molecule has 1 atom stereocenters. The van der Waals surface area contributed by atoms with Crippen LogP contribution in [-0.2, 0) is 0 Å². The van der Waals surface area contributed by atoms with E-state index in [2.05, 4.69) is 0 Å². The first-order chi connectivity index (χ1) is 6.31. The van der Waals surface area contributed by atoms with Gasteiger partial charge >= 0.3 is 4.83 Å². The Hall–Kier alpha value is 0.650. The highest BCUT2D eigenvalue weighted by atomic mass is 79.9. The molecule has 84 valence electrons. The quantitative estimate of drug-likeness (QED) is 0.393. The van der Waals surface area contributed by atoms with Gasteiger partial charge < -0.3 is 0 Å². The fourth-order valence-electron chi connectivity index (χ4n) is 0.586. The van der Waals surface area contributed by atoms with Gasteiger partial charge in [0, 0.05) is 5.75 Å². The molecule has 0 spiro atoms. The molecule has 0 amide bonds. The third kappa shape index (κ3) is 5.51. The van der Waals surface area contributed by atoms with Crippen LogP contribution in [0.5, 0.6) is 0 Å². The molecule has 14 heavy (non-hydrogen) atoms. The Labute approximate surface area is 99.4 Å². The lowest BCUT2D eigenvalue weighted by molar-refractivity contribution is 0.0218. The minimum absolute atomic E-state index is 0.481. The Kier molecular flexibility index (Phi) is 6.57. The van der Waals surface area contributed by atoms with Crippen molar-refractivity contribution in [3.05, 3.63) is 12.2 Å². The first-order valence-electron chi connectivity index (χ1n) is 4.01. The van der Waals surface area contributed by atoms with Crippen molar-refractivity contribution >= 4 is 39.3 Å². The highest BCUT2D eigenvalue weighted by molar-refractivity contribution is 9.10. The zero-order chi connectivity index (χ0) is 11.2. The van der Waals surface area contributed by atoms with E-state index >= 15 is 0 Å². The predicted octanol–water partition coefficient (Wildman–Crippen LogP) is 4.58. The van der Waals surface area contributed by atoms with Crippen LogP contribution in [0, 0.1) is 0 Å². The number of hydrogen-bond acceptors (Lipinski definition) is 1. The molecule has 0 nitrogen and oxygen atoms in total. The van der Waals surface area contributed by atoms with E-state index in [-0.39, 0.29) is 0 Å². The van der Waals surface area contributed by atoms with Gasteiger partial charge in [-0.1, -0.05) is 24.6 Å². The molecule has 0 saturated heterocycles. The normalized spacial score (nSPS) is 17.3. The summed E-state index contributed by atoms with van der Waals surface area (Å²) in [6, 6.07) is 0. The fourth-order valence-corrected chi connectivity index (χ4v) is 1.50. The van der Waals surface area contributed by atoms with E-state index in [9.17, 15) is 13.2 Å². The first-order valence-corrected chi connectivity index (χ1v) is 6.34. The summed E-state index contributed by atoms with van der Waals surface area (Å²) in [6.45, 7) is 2.00. The lowest BCUT2D eigenvalue weighted by Crippen LogP contribution is -2.31. The molecule has 0 aromatic carbocycles. The molecule has 0 aliphatic heterocycles. The van der Waals surface area contributed by atoms with Gasteiger partial charge in [0.25, 0.3) is 5.13 Å². The number of thioether (sulfide) groups is 1. The second kappa shape index (κ2) is 6.28.